The van der Waals surface area contributed by atoms with Gasteiger partial charge < -0.3 is 5.32 Å². The summed E-state index contributed by atoms with van der Waals surface area (Å²) in [6.07, 6.45) is 2.76. The van der Waals surface area contributed by atoms with Crippen LogP contribution in [0.15, 0.2) is 0 Å². The van der Waals surface area contributed by atoms with Crippen molar-refractivity contribution in [3.05, 3.63) is 16.4 Å². The van der Waals surface area contributed by atoms with Crippen LogP contribution < -0.4 is 5.32 Å². The quantitative estimate of drug-likeness (QED) is 0.829. The highest BCUT2D eigenvalue weighted by atomic mass is 35.5. The molecule has 0 spiro atoms. The number of nitrogens with one attached hydrogen (secondary N) is 1. The molecular weight excluding hydrogens is 310 g/mol. The van der Waals surface area contributed by atoms with Crippen molar-refractivity contribution in [2.24, 2.45) is 7.05 Å². The zero-order chi connectivity index (χ0) is 16.4. The van der Waals surface area contributed by atoms with Gasteiger partial charge in [-0.2, -0.15) is 5.10 Å². The van der Waals surface area contributed by atoms with Crippen LogP contribution in [0.3, 0.4) is 0 Å². The third-order valence-electron chi connectivity index (χ3n) is 4.11. The smallest absolute Gasteiger partial charge is 0.154 e. The van der Waals surface area contributed by atoms with E-state index in [1.165, 1.54) is 6.26 Å². The van der Waals surface area contributed by atoms with Gasteiger partial charge in [0.2, 0.25) is 0 Å². The van der Waals surface area contributed by atoms with Crippen molar-refractivity contribution in [2.75, 3.05) is 12.8 Å². The van der Waals surface area contributed by atoms with E-state index in [-0.39, 0.29) is 6.04 Å². The first kappa shape index (κ1) is 18.5. The molecule has 1 aromatic heterocycles. The summed E-state index contributed by atoms with van der Waals surface area (Å²) in [4.78, 5) is 0. The summed E-state index contributed by atoms with van der Waals surface area (Å²) in [5.41, 5.74) is 1.75. The molecule has 0 aromatic carbocycles. The summed E-state index contributed by atoms with van der Waals surface area (Å²) < 4.78 is 25.0. The van der Waals surface area contributed by atoms with Gasteiger partial charge in [-0.15, -0.1) is 0 Å². The van der Waals surface area contributed by atoms with Gasteiger partial charge in [-0.05, 0) is 40.2 Å². The van der Waals surface area contributed by atoms with Gasteiger partial charge in [0, 0.05) is 24.9 Å². The molecule has 122 valence electrons. The minimum Gasteiger partial charge on any atom is -0.312 e. The second-order valence-corrected chi connectivity index (χ2v) is 9.02. The molecule has 21 heavy (non-hydrogen) atoms. The van der Waals surface area contributed by atoms with Crippen LogP contribution in [-0.4, -0.2) is 41.8 Å². The van der Waals surface area contributed by atoms with Gasteiger partial charge in [-0.1, -0.05) is 18.5 Å². The highest BCUT2D eigenvalue weighted by Crippen LogP contribution is 2.27. The molecule has 0 aliphatic rings. The molecule has 0 aliphatic carbocycles. The molecule has 5 nitrogen and oxygen atoms in total. The third-order valence-corrected chi connectivity index (χ3v) is 6.78. The zero-order valence-corrected chi connectivity index (χ0v) is 15.3. The third kappa shape index (κ3) is 3.99. The fourth-order valence-electron chi connectivity index (χ4n) is 2.25. The maximum Gasteiger partial charge on any atom is 0.154 e. The fraction of sp³-hybridized carbons (Fsp3) is 0.786. The zero-order valence-electron chi connectivity index (χ0n) is 13.7. The minimum atomic E-state index is -3.20. The lowest BCUT2D eigenvalue weighted by Crippen LogP contribution is -2.52. The molecule has 0 saturated heterocycles. The Morgan fingerprint density at radius 2 is 2.00 bits per heavy atom. The highest BCUT2D eigenvalue weighted by molar-refractivity contribution is 7.92. The van der Waals surface area contributed by atoms with Gasteiger partial charge in [-0.25, -0.2) is 8.42 Å². The molecule has 1 N–H and O–H groups in total. The lowest BCUT2D eigenvalue weighted by molar-refractivity contribution is 0.406. The van der Waals surface area contributed by atoms with Crippen molar-refractivity contribution in [3.8, 4) is 0 Å². The summed E-state index contributed by atoms with van der Waals surface area (Å²) in [6, 6.07) is -0.215. The molecule has 0 bridgehead atoms. The predicted octanol–water partition coefficient (Wildman–Crippen LogP) is 2.12. The molecule has 0 fully saturated rings. The molecule has 1 unspecified atom stereocenters. The normalized spacial score (nSPS) is 14.4. The van der Waals surface area contributed by atoms with Crippen LogP contribution in [0.1, 0.15) is 38.4 Å². The van der Waals surface area contributed by atoms with Crippen LogP contribution in [0, 0.1) is 6.92 Å². The molecule has 1 heterocycles. The summed E-state index contributed by atoms with van der Waals surface area (Å²) >= 11 is 6.28. The lowest BCUT2D eigenvalue weighted by atomic mass is 9.95. The second-order valence-electron chi connectivity index (χ2n) is 6.06. The maximum absolute atomic E-state index is 12.1. The molecule has 1 rings (SSSR count). The number of halogens is 1. The maximum atomic E-state index is 12.1. The summed E-state index contributed by atoms with van der Waals surface area (Å²) in [7, 11) is -1.42. The molecule has 1 atom stereocenters. The number of hydrogen-bond acceptors (Lipinski definition) is 4. The average Bonchev–Trinajstić information content (AvgIpc) is 2.58. The van der Waals surface area contributed by atoms with E-state index in [9.17, 15) is 8.42 Å². The Morgan fingerprint density at radius 1 is 1.43 bits per heavy atom. The monoisotopic (exact) mass is 335 g/mol. The van der Waals surface area contributed by atoms with E-state index in [0.717, 1.165) is 24.2 Å². The molecule has 0 saturated carbocycles. The fourth-order valence-corrected chi connectivity index (χ4v) is 3.19. The van der Waals surface area contributed by atoms with E-state index in [1.54, 1.807) is 25.6 Å². The van der Waals surface area contributed by atoms with Crippen molar-refractivity contribution >= 4 is 21.4 Å². The largest absolute Gasteiger partial charge is 0.312 e. The van der Waals surface area contributed by atoms with E-state index in [0.29, 0.717) is 11.6 Å². The van der Waals surface area contributed by atoms with E-state index in [2.05, 4.69) is 17.3 Å². The van der Waals surface area contributed by atoms with E-state index in [4.69, 9.17) is 11.6 Å². The van der Waals surface area contributed by atoms with E-state index < -0.39 is 14.6 Å². The highest BCUT2D eigenvalue weighted by Gasteiger charge is 2.39. The Morgan fingerprint density at radius 3 is 2.38 bits per heavy atom. The molecule has 0 aliphatic heterocycles. The number of aryl methyl sites for hydroxylation is 2. The Labute approximate surface area is 133 Å². The van der Waals surface area contributed by atoms with Crippen molar-refractivity contribution in [2.45, 2.75) is 51.3 Å². The Kier molecular flexibility index (Phi) is 5.86. The summed E-state index contributed by atoms with van der Waals surface area (Å²) in [6.45, 7) is 8.23. The first-order valence-electron chi connectivity index (χ1n) is 7.13. The first-order valence-corrected chi connectivity index (χ1v) is 9.40. The van der Waals surface area contributed by atoms with Gasteiger partial charge in [0.15, 0.2) is 9.84 Å². The minimum absolute atomic E-state index is 0.215. The van der Waals surface area contributed by atoms with Crippen molar-refractivity contribution in [1.82, 2.24) is 15.1 Å². The molecule has 7 heteroatoms. The van der Waals surface area contributed by atoms with Gasteiger partial charge in [0.05, 0.1) is 10.4 Å². The standard InChI is InChI=1S/C14H26ClN3O2S/c1-7-8-16-12(14(3,4)21(6,19)20)9-11-10(2)17-18(5)13(11)15/h12,16H,7-9H2,1-6H3. The number of rotatable bonds is 7. The van der Waals surface area contributed by atoms with Crippen LogP contribution in [0.25, 0.3) is 0 Å². The van der Waals surface area contributed by atoms with Crippen LogP contribution in [0.5, 0.6) is 0 Å². The van der Waals surface area contributed by atoms with Crippen LogP contribution in [0.4, 0.5) is 0 Å². The lowest BCUT2D eigenvalue weighted by Gasteiger charge is -2.33. The molecule has 1 aromatic rings. The van der Waals surface area contributed by atoms with Crippen molar-refractivity contribution in [1.29, 1.82) is 0 Å². The SMILES string of the molecule is CCCNC(Cc1c(C)nn(C)c1Cl)C(C)(C)S(C)(=O)=O. The van der Waals surface area contributed by atoms with Gasteiger partial charge >= 0.3 is 0 Å². The predicted molar refractivity (Wildman–Crippen MR) is 87.7 cm³/mol. The molecule has 0 radical (unpaired) electrons. The first-order chi connectivity index (χ1) is 9.52. The van der Waals surface area contributed by atoms with Gasteiger partial charge in [0.1, 0.15) is 5.15 Å². The number of hydrogen-bond donors (Lipinski definition) is 1. The summed E-state index contributed by atoms with van der Waals surface area (Å²) in [5, 5.41) is 8.22. The van der Waals surface area contributed by atoms with Crippen LogP contribution in [0.2, 0.25) is 5.15 Å². The van der Waals surface area contributed by atoms with Crippen molar-refractivity contribution in [3.63, 3.8) is 0 Å². The Hall–Kier alpha value is -0.590. The Bertz CT molecular complexity index is 594. The number of sulfone groups is 1. The molecular formula is C14H26ClN3O2S. The van der Waals surface area contributed by atoms with Gasteiger partial charge in [0.25, 0.3) is 0 Å². The Balaban J connectivity index is 3.15. The van der Waals surface area contributed by atoms with Crippen molar-refractivity contribution < 1.29 is 8.42 Å². The van der Waals surface area contributed by atoms with Crippen LogP contribution in [-0.2, 0) is 23.3 Å². The summed E-state index contributed by atoms with van der Waals surface area (Å²) in [5.74, 6) is 0. The van der Waals surface area contributed by atoms with Gasteiger partial charge in [-0.3, -0.25) is 4.68 Å². The molecule has 0 amide bonds. The average molecular weight is 336 g/mol. The second kappa shape index (κ2) is 6.67. The van der Waals surface area contributed by atoms with E-state index >= 15 is 0 Å². The number of aromatic nitrogens is 2. The number of nitrogens with zero attached hydrogens (tertiary/aromatic N) is 2. The van der Waals surface area contributed by atoms with Crippen LogP contribution >= 0.6 is 11.6 Å². The van der Waals surface area contributed by atoms with E-state index in [1.807, 2.05) is 6.92 Å². The topological polar surface area (TPSA) is 64.0 Å².